The highest BCUT2D eigenvalue weighted by Crippen LogP contribution is 2.31. The van der Waals surface area contributed by atoms with Crippen LogP contribution in [0.3, 0.4) is 0 Å². The number of likely N-dealkylation sites (N-methyl/N-ethyl adjacent to an activating group) is 1. The monoisotopic (exact) mass is 444 g/mol. The molecule has 0 N–H and O–H groups in total. The van der Waals surface area contributed by atoms with Gasteiger partial charge in [-0.1, -0.05) is 42.5 Å². The van der Waals surface area contributed by atoms with Crippen LogP contribution >= 0.6 is 0 Å². The van der Waals surface area contributed by atoms with Gasteiger partial charge in [0.15, 0.2) is 0 Å². The van der Waals surface area contributed by atoms with E-state index in [2.05, 4.69) is 21.9 Å². The Morgan fingerprint density at radius 1 is 0.758 bits per heavy atom. The van der Waals surface area contributed by atoms with Gasteiger partial charge in [-0.2, -0.15) is 5.10 Å². The topological polar surface area (TPSA) is 24.3 Å². The van der Waals surface area contributed by atoms with Gasteiger partial charge < -0.3 is 4.90 Å². The molecular formula is C27H26F2N4. The molecule has 33 heavy (non-hydrogen) atoms. The third-order valence-corrected chi connectivity index (χ3v) is 6.26. The van der Waals surface area contributed by atoms with Crippen molar-refractivity contribution in [2.45, 2.75) is 6.54 Å². The summed E-state index contributed by atoms with van der Waals surface area (Å²) in [5.41, 5.74) is 4.41. The van der Waals surface area contributed by atoms with E-state index >= 15 is 0 Å². The van der Waals surface area contributed by atoms with Crippen LogP contribution in [0.25, 0.3) is 28.1 Å². The van der Waals surface area contributed by atoms with E-state index < -0.39 is 0 Å². The standard InChI is InChI=1S/C27H26F2N4/c1-31-14-16-32(17-15-31)19-21-18-30-33(27(21)24-7-3-5-9-26(24)29)22-12-10-20(11-13-22)23-6-2-4-8-25(23)28/h2-13,18H,14-17,19H2,1H3. The number of aromatic nitrogens is 2. The Kier molecular flexibility index (Phi) is 6.03. The Morgan fingerprint density at radius 3 is 2.00 bits per heavy atom. The van der Waals surface area contributed by atoms with E-state index in [1.54, 1.807) is 28.9 Å². The van der Waals surface area contributed by atoms with E-state index in [1.165, 1.54) is 12.1 Å². The number of hydrogen-bond donors (Lipinski definition) is 0. The molecule has 0 amide bonds. The Morgan fingerprint density at radius 2 is 1.36 bits per heavy atom. The predicted molar refractivity (Wildman–Crippen MR) is 127 cm³/mol. The summed E-state index contributed by atoms with van der Waals surface area (Å²) in [7, 11) is 2.13. The van der Waals surface area contributed by atoms with Gasteiger partial charge in [-0.25, -0.2) is 13.5 Å². The molecule has 0 atom stereocenters. The zero-order valence-electron chi connectivity index (χ0n) is 18.6. The minimum atomic E-state index is -0.276. The van der Waals surface area contributed by atoms with E-state index in [0.29, 0.717) is 17.7 Å². The lowest BCUT2D eigenvalue weighted by Gasteiger charge is -2.32. The number of piperazine rings is 1. The molecule has 4 aromatic rings. The van der Waals surface area contributed by atoms with Gasteiger partial charge >= 0.3 is 0 Å². The molecule has 1 aliphatic rings. The average molecular weight is 445 g/mol. The molecule has 168 valence electrons. The predicted octanol–water partition coefficient (Wildman–Crippen LogP) is 5.23. The lowest BCUT2D eigenvalue weighted by molar-refractivity contribution is 0.148. The number of benzene rings is 3. The zero-order valence-corrected chi connectivity index (χ0v) is 18.6. The van der Waals surface area contributed by atoms with E-state index in [0.717, 1.165) is 48.7 Å². The van der Waals surface area contributed by atoms with Crippen LogP contribution in [0.15, 0.2) is 79.0 Å². The van der Waals surface area contributed by atoms with Crippen LogP contribution in [0.1, 0.15) is 5.56 Å². The maximum Gasteiger partial charge on any atom is 0.132 e. The Bertz CT molecular complexity index is 1240. The normalized spacial score (nSPS) is 15.1. The SMILES string of the molecule is CN1CCN(Cc2cnn(-c3ccc(-c4ccccc4F)cc3)c2-c2ccccc2F)CC1. The van der Waals surface area contributed by atoms with E-state index in [1.807, 2.05) is 42.6 Å². The van der Waals surface area contributed by atoms with Gasteiger partial charge in [0.25, 0.3) is 0 Å². The van der Waals surface area contributed by atoms with Crippen LogP contribution in [-0.2, 0) is 6.54 Å². The fourth-order valence-electron chi connectivity index (χ4n) is 4.36. The Hall–Kier alpha value is -3.35. The first-order valence-corrected chi connectivity index (χ1v) is 11.2. The van der Waals surface area contributed by atoms with Gasteiger partial charge in [0, 0.05) is 49.4 Å². The number of rotatable bonds is 5. The minimum Gasteiger partial charge on any atom is -0.304 e. The summed E-state index contributed by atoms with van der Waals surface area (Å²) < 4.78 is 30.9. The van der Waals surface area contributed by atoms with Crippen LogP contribution in [-0.4, -0.2) is 52.8 Å². The van der Waals surface area contributed by atoms with Crippen molar-refractivity contribution in [1.82, 2.24) is 19.6 Å². The summed E-state index contributed by atoms with van der Waals surface area (Å²) in [6.45, 7) is 4.68. The lowest BCUT2D eigenvalue weighted by atomic mass is 10.0. The van der Waals surface area contributed by atoms with Crippen LogP contribution in [0.4, 0.5) is 8.78 Å². The van der Waals surface area contributed by atoms with Crippen LogP contribution < -0.4 is 0 Å². The van der Waals surface area contributed by atoms with Crippen LogP contribution in [0, 0.1) is 11.6 Å². The van der Waals surface area contributed by atoms with Crippen molar-refractivity contribution in [3.8, 4) is 28.1 Å². The van der Waals surface area contributed by atoms with Crippen molar-refractivity contribution < 1.29 is 8.78 Å². The molecule has 6 heteroatoms. The second-order valence-electron chi connectivity index (χ2n) is 8.52. The first-order chi connectivity index (χ1) is 16.1. The van der Waals surface area contributed by atoms with E-state index in [9.17, 15) is 8.78 Å². The second-order valence-corrected chi connectivity index (χ2v) is 8.52. The summed E-state index contributed by atoms with van der Waals surface area (Å²) in [5, 5.41) is 4.64. The molecule has 2 heterocycles. The maximum absolute atomic E-state index is 14.9. The molecule has 4 nitrogen and oxygen atoms in total. The molecule has 1 saturated heterocycles. The molecule has 0 unspecified atom stereocenters. The first-order valence-electron chi connectivity index (χ1n) is 11.2. The highest BCUT2D eigenvalue weighted by molar-refractivity contribution is 5.69. The minimum absolute atomic E-state index is 0.258. The van der Waals surface area contributed by atoms with Crippen molar-refractivity contribution in [3.05, 3.63) is 96.2 Å². The lowest BCUT2D eigenvalue weighted by Crippen LogP contribution is -2.43. The van der Waals surface area contributed by atoms with Crippen molar-refractivity contribution in [2.75, 3.05) is 33.2 Å². The molecule has 0 spiro atoms. The van der Waals surface area contributed by atoms with Gasteiger partial charge in [-0.15, -0.1) is 0 Å². The van der Waals surface area contributed by atoms with Crippen molar-refractivity contribution in [1.29, 1.82) is 0 Å². The zero-order chi connectivity index (χ0) is 22.8. The number of nitrogens with zero attached hydrogens (tertiary/aromatic N) is 4. The third kappa shape index (κ3) is 4.45. The molecule has 0 radical (unpaired) electrons. The number of hydrogen-bond acceptors (Lipinski definition) is 3. The van der Waals surface area contributed by atoms with E-state index in [4.69, 9.17) is 0 Å². The summed E-state index contributed by atoms with van der Waals surface area (Å²) in [4.78, 5) is 4.70. The Labute approximate surface area is 192 Å². The molecule has 1 fully saturated rings. The third-order valence-electron chi connectivity index (χ3n) is 6.26. The van der Waals surface area contributed by atoms with Crippen LogP contribution in [0.5, 0.6) is 0 Å². The summed E-state index contributed by atoms with van der Waals surface area (Å²) in [6.07, 6.45) is 1.84. The van der Waals surface area contributed by atoms with Gasteiger partial charge in [0.1, 0.15) is 11.6 Å². The highest BCUT2D eigenvalue weighted by atomic mass is 19.1. The van der Waals surface area contributed by atoms with Gasteiger partial charge in [0.2, 0.25) is 0 Å². The molecule has 5 rings (SSSR count). The highest BCUT2D eigenvalue weighted by Gasteiger charge is 2.21. The molecule has 0 bridgehead atoms. The first kappa shape index (κ1) is 21.5. The van der Waals surface area contributed by atoms with Crippen molar-refractivity contribution >= 4 is 0 Å². The molecule has 0 saturated carbocycles. The summed E-state index contributed by atoms with van der Waals surface area (Å²) in [6, 6.07) is 21.1. The fraction of sp³-hybridized carbons (Fsp3) is 0.222. The second kappa shape index (κ2) is 9.25. The molecule has 3 aromatic carbocycles. The molecular weight excluding hydrogens is 418 g/mol. The quantitative estimate of drug-likeness (QED) is 0.421. The molecule has 0 aliphatic carbocycles. The number of halogens is 2. The average Bonchev–Trinajstić information content (AvgIpc) is 3.24. The van der Waals surface area contributed by atoms with Crippen molar-refractivity contribution in [2.24, 2.45) is 0 Å². The summed E-state index contributed by atoms with van der Waals surface area (Å²) >= 11 is 0. The maximum atomic E-state index is 14.9. The molecule has 1 aromatic heterocycles. The van der Waals surface area contributed by atoms with Crippen molar-refractivity contribution in [3.63, 3.8) is 0 Å². The fourth-order valence-corrected chi connectivity index (χ4v) is 4.36. The largest absolute Gasteiger partial charge is 0.304 e. The van der Waals surface area contributed by atoms with Gasteiger partial charge in [0.05, 0.1) is 17.6 Å². The van der Waals surface area contributed by atoms with Gasteiger partial charge in [-0.05, 0) is 42.9 Å². The van der Waals surface area contributed by atoms with Crippen LogP contribution in [0.2, 0.25) is 0 Å². The Balaban J connectivity index is 1.53. The smallest absolute Gasteiger partial charge is 0.132 e. The molecule has 1 aliphatic heterocycles. The van der Waals surface area contributed by atoms with E-state index in [-0.39, 0.29) is 11.6 Å². The van der Waals surface area contributed by atoms with Gasteiger partial charge in [-0.3, -0.25) is 4.90 Å². The summed E-state index contributed by atoms with van der Waals surface area (Å²) in [5.74, 6) is -0.535.